The molecule has 3 N–H and O–H groups in total. The number of aromatic nitrogens is 7. The molecule has 1 aromatic carbocycles. The summed E-state index contributed by atoms with van der Waals surface area (Å²) in [6.45, 7) is 5.14. The van der Waals surface area contributed by atoms with Crippen LogP contribution in [0.2, 0.25) is 0 Å². The molecule has 0 atom stereocenters. The summed E-state index contributed by atoms with van der Waals surface area (Å²) >= 11 is 0. The number of amides is 1. The third-order valence-electron chi connectivity index (χ3n) is 6.05. The molecule has 0 aliphatic rings. The molecule has 11 nitrogen and oxygen atoms in total. The highest BCUT2D eigenvalue weighted by molar-refractivity contribution is 6.05. The molecular formula is C24H25N9O2. The number of pyridine rings is 1. The third kappa shape index (κ3) is 3.90. The van der Waals surface area contributed by atoms with Crippen LogP contribution in [0.4, 0.5) is 5.82 Å². The third-order valence-corrected chi connectivity index (χ3v) is 6.05. The first-order chi connectivity index (χ1) is 16.9. The lowest BCUT2D eigenvalue weighted by atomic mass is 10.1. The molecule has 4 aromatic heterocycles. The van der Waals surface area contributed by atoms with Gasteiger partial charge in [0.25, 0.3) is 5.91 Å². The minimum atomic E-state index is -0.291. The van der Waals surface area contributed by atoms with Crippen LogP contribution in [0.3, 0.4) is 0 Å². The van der Waals surface area contributed by atoms with Crippen molar-refractivity contribution in [1.29, 1.82) is 0 Å². The van der Waals surface area contributed by atoms with Crippen molar-refractivity contribution in [3.05, 3.63) is 53.6 Å². The van der Waals surface area contributed by atoms with Crippen molar-refractivity contribution in [2.24, 2.45) is 0 Å². The van der Waals surface area contributed by atoms with Gasteiger partial charge in [0.15, 0.2) is 17.3 Å². The highest BCUT2D eigenvalue weighted by Gasteiger charge is 2.22. The van der Waals surface area contributed by atoms with E-state index >= 15 is 0 Å². The van der Waals surface area contributed by atoms with Gasteiger partial charge in [-0.25, -0.2) is 15.0 Å². The average molecular weight is 472 g/mol. The summed E-state index contributed by atoms with van der Waals surface area (Å²) < 4.78 is 1.89. The molecule has 0 aliphatic carbocycles. The number of nitrogens with one attached hydrogen (secondary N) is 2. The molecule has 0 spiro atoms. The SMILES string of the molecule is CCn1ncc(CN(C)C(=O)c2nc(-c3cnc4[nH]nc(NC)c4c3)nc3ccc(O)cc23)c1C. The summed E-state index contributed by atoms with van der Waals surface area (Å²) in [6.07, 6.45) is 3.42. The van der Waals surface area contributed by atoms with Crippen molar-refractivity contribution < 1.29 is 9.90 Å². The van der Waals surface area contributed by atoms with Crippen LogP contribution in [-0.2, 0) is 13.1 Å². The number of rotatable bonds is 6. The lowest BCUT2D eigenvalue weighted by molar-refractivity contribution is 0.0781. The topological polar surface area (TPSA) is 138 Å². The molecule has 0 bridgehead atoms. The molecule has 0 unspecified atom stereocenters. The highest BCUT2D eigenvalue weighted by Crippen LogP contribution is 2.28. The van der Waals surface area contributed by atoms with Crippen LogP contribution in [0.15, 0.2) is 36.7 Å². The van der Waals surface area contributed by atoms with Gasteiger partial charge in [-0.2, -0.15) is 10.2 Å². The second-order valence-electron chi connectivity index (χ2n) is 8.27. The van der Waals surface area contributed by atoms with Crippen LogP contribution in [0.5, 0.6) is 5.75 Å². The van der Waals surface area contributed by atoms with Gasteiger partial charge < -0.3 is 15.3 Å². The summed E-state index contributed by atoms with van der Waals surface area (Å²) in [5.41, 5.74) is 3.98. The van der Waals surface area contributed by atoms with Gasteiger partial charge in [0, 0.05) is 55.6 Å². The van der Waals surface area contributed by atoms with Gasteiger partial charge in [-0.15, -0.1) is 0 Å². The number of phenolic OH excluding ortho intramolecular Hbond substituents is 1. The zero-order valence-corrected chi connectivity index (χ0v) is 19.9. The van der Waals surface area contributed by atoms with E-state index in [2.05, 4.69) is 35.6 Å². The lowest BCUT2D eigenvalue weighted by Crippen LogP contribution is -2.27. The fourth-order valence-electron chi connectivity index (χ4n) is 4.09. The van der Waals surface area contributed by atoms with Crippen LogP contribution in [0.25, 0.3) is 33.3 Å². The Hall–Kier alpha value is -4.54. The Bertz CT molecular complexity index is 1570. The number of benzene rings is 1. The first-order valence-electron chi connectivity index (χ1n) is 11.2. The highest BCUT2D eigenvalue weighted by atomic mass is 16.3. The zero-order valence-electron chi connectivity index (χ0n) is 19.9. The number of phenols is 1. The minimum Gasteiger partial charge on any atom is -0.508 e. The minimum absolute atomic E-state index is 0.0331. The molecule has 4 heterocycles. The number of anilines is 1. The van der Waals surface area contributed by atoms with Crippen LogP contribution >= 0.6 is 0 Å². The van der Waals surface area contributed by atoms with Crippen LogP contribution in [-0.4, -0.2) is 64.9 Å². The van der Waals surface area contributed by atoms with E-state index in [4.69, 9.17) is 0 Å². The number of aromatic amines is 1. The number of aromatic hydroxyl groups is 1. The van der Waals surface area contributed by atoms with E-state index in [9.17, 15) is 9.90 Å². The van der Waals surface area contributed by atoms with Crippen molar-refractivity contribution in [2.45, 2.75) is 26.9 Å². The molecule has 11 heteroatoms. The Balaban J connectivity index is 1.59. The smallest absolute Gasteiger partial charge is 0.273 e. The fourth-order valence-corrected chi connectivity index (χ4v) is 4.09. The first-order valence-corrected chi connectivity index (χ1v) is 11.2. The molecule has 1 amide bonds. The molecule has 0 radical (unpaired) electrons. The molecule has 5 aromatic rings. The normalized spacial score (nSPS) is 11.3. The average Bonchev–Trinajstić information content (AvgIpc) is 3.45. The van der Waals surface area contributed by atoms with Gasteiger partial charge in [0.05, 0.1) is 17.1 Å². The van der Waals surface area contributed by atoms with Crippen LogP contribution < -0.4 is 5.32 Å². The maximum Gasteiger partial charge on any atom is 0.273 e. The Morgan fingerprint density at radius 3 is 2.77 bits per heavy atom. The van der Waals surface area contributed by atoms with E-state index in [1.165, 1.54) is 12.1 Å². The molecule has 0 fully saturated rings. The number of nitrogens with zero attached hydrogens (tertiary/aromatic N) is 7. The maximum absolute atomic E-state index is 13.6. The van der Waals surface area contributed by atoms with E-state index in [0.717, 1.165) is 23.2 Å². The monoisotopic (exact) mass is 471 g/mol. The summed E-state index contributed by atoms with van der Waals surface area (Å²) in [4.78, 5) is 28.9. The predicted octanol–water partition coefficient (Wildman–Crippen LogP) is 3.11. The molecule has 0 aliphatic heterocycles. The van der Waals surface area contributed by atoms with Gasteiger partial charge in [-0.3, -0.25) is 14.6 Å². The molecule has 35 heavy (non-hydrogen) atoms. The summed E-state index contributed by atoms with van der Waals surface area (Å²) in [7, 11) is 3.50. The maximum atomic E-state index is 13.6. The summed E-state index contributed by atoms with van der Waals surface area (Å²) in [5, 5.41) is 25.8. The van der Waals surface area contributed by atoms with Gasteiger partial charge in [-0.1, -0.05) is 0 Å². The van der Waals surface area contributed by atoms with Crippen molar-refractivity contribution >= 4 is 33.7 Å². The first kappa shape index (κ1) is 22.3. The molecule has 178 valence electrons. The summed E-state index contributed by atoms with van der Waals surface area (Å²) in [6, 6.07) is 6.60. The van der Waals surface area contributed by atoms with Crippen molar-refractivity contribution in [2.75, 3.05) is 19.4 Å². The number of H-pyrrole nitrogens is 1. The number of carbonyl (C=O) groups is 1. The van der Waals surface area contributed by atoms with Crippen LogP contribution in [0, 0.1) is 6.92 Å². The number of aryl methyl sites for hydroxylation is 1. The van der Waals surface area contributed by atoms with Gasteiger partial charge in [0.2, 0.25) is 0 Å². The second-order valence-corrected chi connectivity index (χ2v) is 8.27. The fraction of sp³-hybridized carbons (Fsp3) is 0.250. The van der Waals surface area contributed by atoms with E-state index in [1.807, 2.05) is 24.6 Å². The molecule has 5 rings (SSSR count). The second kappa shape index (κ2) is 8.67. The largest absolute Gasteiger partial charge is 0.508 e. The molecule has 0 saturated heterocycles. The quantitative estimate of drug-likeness (QED) is 0.343. The molecular weight excluding hydrogens is 446 g/mol. The Morgan fingerprint density at radius 1 is 1.20 bits per heavy atom. The molecule has 0 saturated carbocycles. The number of hydrogen-bond donors (Lipinski definition) is 3. The van der Waals surface area contributed by atoms with Crippen molar-refractivity contribution in [3.8, 4) is 17.1 Å². The van der Waals surface area contributed by atoms with Gasteiger partial charge in [-0.05, 0) is 38.1 Å². The Labute approximate surface area is 200 Å². The zero-order chi connectivity index (χ0) is 24.7. The standard InChI is InChI=1S/C24H25N9O2/c1-5-33-13(2)15(11-27-33)12-32(4)24(35)20-17-9-16(34)6-7-19(17)28-21(29-20)14-8-18-22(25-3)30-31-23(18)26-10-14/h6-11,34H,5,12H2,1-4H3,(H2,25,26,30,31). The predicted molar refractivity (Wildman–Crippen MR) is 132 cm³/mol. The number of fused-ring (bicyclic) bond motifs is 2. The number of hydrogen-bond acceptors (Lipinski definition) is 8. The van der Waals surface area contributed by atoms with E-state index in [-0.39, 0.29) is 17.4 Å². The van der Waals surface area contributed by atoms with Crippen molar-refractivity contribution in [1.82, 2.24) is 39.8 Å². The Kier molecular flexibility index (Phi) is 5.51. The number of carbonyl (C=O) groups excluding carboxylic acids is 1. The van der Waals surface area contributed by atoms with Gasteiger partial charge >= 0.3 is 0 Å². The lowest BCUT2D eigenvalue weighted by Gasteiger charge is -2.18. The van der Waals surface area contributed by atoms with E-state index in [1.54, 1.807) is 37.5 Å². The van der Waals surface area contributed by atoms with Crippen LogP contribution in [0.1, 0.15) is 28.7 Å². The van der Waals surface area contributed by atoms with Gasteiger partial charge in [0.1, 0.15) is 11.4 Å². The van der Waals surface area contributed by atoms with Crippen molar-refractivity contribution in [3.63, 3.8) is 0 Å². The summed E-state index contributed by atoms with van der Waals surface area (Å²) in [5.74, 6) is 0.749. The van der Waals surface area contributed by atoms with E-state index in [0.29, 0.717) is 40.3 Å². The Morgan fingerprint density at radius 2 is 2.03 bits per heavy atom. The van der Waals surface area contributed by atoms with E-state index < -0.39 is 0 Å².